The van der Waals surface area contributed by atoms with Crippen molar-refractivity contribution in [2.24, 2.45) is 0 Å². The highest BCUT2D eigenvalue weighted by atomic mass is 79.9. The molecule has 2 aromatic rings. The van der Waals surface area contributed by atoms with Crippen LogP contribution in [0, 0.1) is 5.82 Å². The first-order valence-electron chi connectivity index (χ1n) is 6.41. The number of rotatable bonds is 4. The Hall–Kier alpha value is -1.88. The quantitative estimate of drug-likeness (QED) is 0.900. The molecule has 0 heterocycles. The second-order valence-electron chi connectivity index (χ2n) is 4.57. The van der Waals surface area contributed by atoms with Gasteiger partial charge in [-0.3, -0.25) is 4.79 Å². The Balaban J connectivity index is 2.12. The summed E-state index contributed by atoms with van der Waals surface area (Å²) in [5, 5.41) is 2.84. The van der Waals surface area contributed by atoms with Gasteiger partial charge in [0.1, 0.15) is 11.6 Å². The summed E-state index contributed by atoms with van der Waals surface area (Å²) in [4.78, 5) is 12.2. The molecular weight excluding hydrogens is 337 g/mol. The molecule has 21 heavy (non-hydrogen) atoms. The monoisotopic (exact) mass is 351 g/mol. The minimum atomic E-state index is -0.459. The van der Waals surface area contributed by atoms with Crippen LogP contribution in [0.25, 0.3) is 0 Å². The molecule has 5 heteroatoms. The molecule has 0 aromatic heterocycles. The zero-order valence-corrected chi connectivity index (χ0v) is 13.3. The molecule has 110 valence electrons. The molecule has 1 atom stereocenters. The van der Waals surface area contributed by atoms with E-state index >= 15 is 0 Å². The largest absolute Gasteiger partial charge is 0.497 e. The number of carbonyl (C=O) groups excluding carboxylic acids is 1. The molecular formula is C16H15BrFNO2. The molecule has 2 rings (SSSR count). The van der Waals surface area contributed by atoms with E-state index in [-0.39, 0.29) is 22.0 Å². The highest BCUT2D eigenvalue weighted by Gasteiger charge is 2.16. The lowest BCUT2D eigenvalue weighted by Gasteiger charge is -2.15. The number of hydrogen-bond donors (Lipinski definition) is 1. The molecule has 1 N–H and O–H groups in total. The first-order chi connectivity index (χ1) is 10.0. The Labute approximate surface area is 131 Å². The minimum absolute atomic E-state index is 0.171. The first kappa shape index (κ1) is 15.5. The van der Waals surface area contributed by atoms with E-state index in [0.717, 1.165) is 11.3 Å². The Morgan fingerprint density at radius 1 is 1.24 bits per heavy atom. The smallest absolute Gasteiger partial charge is 0.253 e. The Kier molecular flexibility index (Phi) is 4.96. The predicted octanol–water partition coefficient (Wildman–Crippen LogP) is 4.09. The van der Waals surface area contributed by atoms with Gasteiger partial charge in [-0.15, -0.1) is 0 Å². The second-order valence-corrected chi connectivity index (χ2v) is 5.36. The lowest BCUT2D eigenvalue weighted by atomic mass is 10.1. The fraction of sp³-hybridized carbons (Fsp3) is 0.188. The zero-order chi connectivity index (χ0) is 15.4. The fourth-order valence-electron chi connectivity index (χ4n) is 1.93. The molecule has 0 bridgehead atoms. The van der Waals surface area contributed by atoms with Gasteiger partial charge >= 0.3 is 0 Å². The Bertz CT molecular complexity index is 643. The van der Waals surface area contributed by atoms with E-state index in [9.17, 15) is 9.18 Å². The lowest BCUT2D eigenvalue weighted by Crippen LogP contribution is -2.27. The molecule has 1 unspecified atom stereocenters. The van der Waals surface area contributed by atoms with E-state index in [1.807, 2.05) is 31.2 Å². The highest BCUT2D eigenvalue weighted by molar-refractivity contribution is 9.10. The van der Waals surface area contributed by atoms with Gasteiger partial charge in [0.15, 0.2) is 0 Å². The van der Waals surface area contributed by atoms with Crippen molar-refractivity contribution in [1.82, 2.24) is 5.32 Å². The van der Waals surface area contributed by atoms with Gasteiger partial charge in [-0.25, -0.2) is 4.39 Å². The van der Waals surface area contributed by atoms with Crippen LogP contribution in [-0.2, 0) is 0 Å². The van der Waals surface area contributed by atoms with Crippen LogP contribution in [0.5, 0.6) is 5.75 Å². The van der Waals surface area contributed by atoms with E-state index < -0.39 is 5.82 Å². The van der Waals surface area contributed by atoms with E-state index in [1.54, 1.807) is 13.2 Å². The summed E-state index contributed by atoms with van der Waals surface area (Å²) in [6.45, 7) is 1.87. The van der Waals surface area contributed by atoms with Gasteiger partial charge in [0.2, 0.25) is 0 Å². The summed E-state index contributed by atoms with van der Waals surface area (Å²) in [6.07, 6.45) is 0. The van der Waals surface area contributed by atoms with Gasteiger partial charge < -0.3 is 10.1 Å². The van der Waals surface area contributed by atoms with Crippen molar-refractivity contribution >= 4 is 21.8 Å². The van der Waals surface area contributed by atoms with Crippen LogP contribution in [0.4, 0.5) is 4.39 Å². The second kappa shape index (κ2) is 6.72. The molecule has 0 aliphatic heterocycles. The molecule has 0 aliphatic carbocycles. The SMILES string of the molecule is COc1ccc(C(C)NC(=O)c2cccc(F)c2Br)cc1. The number of amides is 1. The average molecular weight is 352 g/mol. The maximum atomic E-state index is 13.4. The fourth-order valence-corrected chi connectivity index (χ4v) is 2.37. The molecule has 0 saturated heterocycles. The van der Waals surface area contributed by atoms with Crippen LogP contribution in [0.1, 0.15) is 28.9 Å². The van der Waals surface area contributed by atoms with Gasteiger partial charge in [0.25, 0.3) is 5.91 Å². The van der Waals surface area contributed by atoms with Crippen LogP contribution >= 0.6 is 15.9 Å². The summed E-state index contributed by atoms with van der Waals surface area (Å²) >= 11 is 3.09. The Morgan fingerprint density at radius 2 is 1.90 bits per heavy atom. The minimum Gasteiger partial charge on any atom is -0.497 e. The van der Waals surface area contributed by atoms with Crippen LogP contribution in [0.2, 0.25) is 0 Å². The normalized spacial score (nSPS) is 11.8. The summed E-state index contributed by atoms with van der Waals surface area (Å²) in [5.41, 5.74) is 1.21. The van der Waals surface area contributed by atoms with Gasteiger partial charge in [-0.2, -0.15) is 0 Å². The molecule has 0 radical (unpaired) electrons. The van der Waals surface area contributed by atoms with Gasteiger partial charge in [-0.05, 0) is 52.7 Å². The summed E-state index contributed by atoms with van der Waals surface area (Å²) in [5.74, 6) is -0.0328. The first-order valence-corrected chi connectivity index (χ1v) is 7.21. The number of ether oxygens (including phenoxy) is 1. The number of halogens is 2. The van der Waals surface area contributed by atoms with Crippen LogP contribution in [0.3, 0.4) is 0 Å². The molecule has 1 amide bonds. The van der Waals surface area contributed by atoms with Crippen molar-refractivity contribution in [1.29, 1.82) is 0 Å². The molecule has 2 aromatic carbocycles. The van der Waals surface area contributed by atoms with E-state index in [1.165, 1.54) is 12.1 Å². The third-order valence-corrected chi connectivity index (χ3v) is 3.97. The topological polar surface area (TPSA) is 38.3 Å². The zero-order valence-electron chi connectivity index (χ0n) is 11.7. The summed E-state index contributed by atoms with van der Waals surface area (Å²) < 4.78 is 18.7. The van der Waals surface area contributed by atoms with E-state index in [2.05, 4.69) is 21.2 Å². The van der Waals surface area contributed by atoms with Crippen LogP contribution in [0.15, 0.2) is 46.9 Å². The highest BCUT2D eigenvalue weighted by Crippen LogP contribution is 2.22. The maximum absolute atomic E-state index is 13.4. The number of methoxy groups -OCH3 is 1. The molecule has 0 aliphatic rings. The third kappa shape index (κ3) is 3.61. The summed E-state index contributed by atoms with van der Waals surface area (Å²) in [6, 6.07) is 11.6. The number of hydrogen-bond acceptors (Lipinski definition) is 2. The van der Waals surface area contributed by atoms with Crippen molar-refractivity contribution in [2.75, 3.05) is 7.11 Å². The number of nitrogens with one attached hydrogen (secondary N) is 1. The van der Waals surface area contributed by atoms with Gasteiger partial charge in [0.05, 0.1) is 23.2 Å². The van der Waals surface area contributed by atoms with E-state index in [4.69, 9.17) is 4.74 Å². The Morgan fingerprint density at radius 3 is 2.52 bits per heavy atom. The van der Waals surface area contributed by atoms with Gasteiger partial charge in [-0.1, -0.05) is 18.2 Å². The third-order valence-electron chi connectivity index (χ3n) is 3.16. The molecule has 0 spiro atoms. The summed E-state index contributed by atoms with van der Waals surface area (Å²) in [7, 11) is 1.60. The standard InChI is InChI=1S/C16H15BrFNO2/c1-10(11-6-8-12(21-2)9-7-11)19-16(20)13-4-3-5-14(18)15(13)17/h3-10H,1-2H3,(H,19,20). The molecule has 0 saturated carbocycles. The van der Waals surface area contributed by atoms with Crippen LogP contribution < -0.4 is 10.1 Å². The van der Waals surface area contributed by atoms with Crippen LogP contribution in [-0.4, -0.2) is 13.0 Å². The van der Waals surface area contributed by atoms with Crippen molar-refractivity contribution in [3.8, 4) is 5.75 Å². The number of benzene rings is 2. The van der Waals surface area contributed by atoms with Crippen molar-refractivity contribution in [3.63, 3.8) is 0 Å². The maximum Gasteiger partial charge on any atom is 0.253 e. The molecule has 0 fully saturated rings. The lowest BCUT2D eigenvalue weighted by molar-refractivity contribution is 0.0938. The van der Waals surface area contributed by atoms with Crippen molar-refractivity contribution < 1.29 is 13.9 Å². The van der Waals surface area contributed by atoms with Gasteiger partial charge in [0, 0.05) is 0 Å². The number of carbonyl (C=O) groups is 1. The average Bonchev–Trinajstić information content (AvgIpc) is 2.50. The van der Waals surface area contributed by atoms with Crippen molar-refractivity contribution in [3.05, 3.63) is 63.9 Å². The predicted molar refractivity (Wildman–Crippen MR) is 83.0 cm³/mol. The van der Waals surface area contributed by atoms with E-state index in [0.29, 0.717) is 0 Å². The molecule has 3 nitrogen and oxygen atoms in total. The van der Waals surface area contributed by atoms with Crippen molar-refractivity contribution in [2.45, 2.75) is 13.0 Å².